The quantitative estimate of drug-likeness (QED) is 0.877. The van der Waals surface area contributed by atoms with E-state index in [1.54, 1.807) is 0 Å². The Morgan fingerprint density at radius 2 is 1.68 bits per heavy atom. The second-order valence-corrected chi connectivity index (χ2v) is 7.43. The summed E-state index contributed by atoms with van der Waals surface area (Å²) in [6.45, 7) is 6.94. The van der Waals surface area contributed by atoms with Crippen molar-refractivity contribution in [1.82, 2.24) is 10.2 Å². The number of anilines is 3. The molecule has 0 aliphatic carbocycles. The molecule has 4 rings (SSSR count). The van der Waals surface area contributed by atoms with Crippen molar-refractivity contribution in [3.8, 4) is 0 Å². The summed E-state index contributed by atoms with van der Waals surface area (Å²) in [6, 6.07) is 12.1. The minimum atomic E-state index is 0.0357. The van der Waals surface area contributed by atoms with Gasteiger partial charge in [-0.3, -0.25) is 4.79 Å². The van der Waals surface area contributed by atoms with E-state index >= 15 is 0 Å². The van der Waals surface area contributed by atoms with Gasteiger partial charge in [0.05, 0.1) is 18.9 Å². The number of carbonyl (C=O) groups is 1. The lowest BCUT2D eigenvalue weighted by Gasteiger charge is -2.32. The molecule has 28 heavy (non-hydrogen) atoms. The van der Waals surface area contributed by atoms with Crippen LogP contribution in [0.15, 0.2) is 36.4 Å². The normalized spacial score (nSPS) is 18.2. The molecule has 2 aliphatic rings. The topological polar surface area (TPSA) is 70.6 Å². The number of ether oxygens (including phenoxy) is 1. The van der Waals surface area contributed by atoms with Crippen LogP contribution < -0.4 is 15.1 Å². The Balaban J connectivity index is 1.29. The first-order chi connectivity index (χ1) is 13.7. The van der Waals surface area contributed by atoms with Crippen molar-refractivity contribution >= 4 is 23.1 Å². The number of hydrogen-bond acceptors (Lipinski definition) is 6. The second kappa shape index (κ2) is 8.56. The average Bonchev–Trinajstić information content (AvgIpc) is 2.75. The molecule has 1 N–H and O–H groups in total. The number of rotatable bonds is 4. The monoisotopic (exact) mass is 381 g/mol. The standard InChI is InChI=1S/C21H27N5O2/c1-16-2-7-20(24-23-16)26-10-8-17(9-11-26)21(27)22-18-3-5-19(6-4-18)25-12-14-28-15-13-25/h2-7,17H,8-15H2,1H3,(H,22,27). The van der Waals surface area contributed by atoms with Gasteiger partial charge in [0.2, 0.25) is 5.91 Å². The van der Waals surface area contributed by atoms with Gasteiger partial charge in [0.15, 0.2) is 5.82 Å². The molecule has 0 radical (unpaired) electrons. The second-order valence-electron chi connectivity index (χ2n) is 7.43. The first-order valence-electron chi connectivity index (χ1n) is 9.98. The summed E-state index contributed by atoms with van der Waals surface area (Å²) in [6.07, 6.45) is 1.65. The first kappa shape index (κ1) is 18.7. The zero-order chi connectivity index (χ0) is 19.3. The molecule has 2 saturated heterocycles. The molecule has 1 amide bonds. The molecule has 1 aromatic carbocycles. The number of aromatic nitrogens is 2. The van der Waals surface area contributed by atoms with E-state index in [2.05, 4.69) is 37.4 Å². The summed E-state index contributed by atoms with van der Waals surface area (Å²) in [5, 5.41) is 11.4. The number of nitrogens with zero attached hydrogens (tertiary/aromatic N) is 4. The molecule has 0 unspecified atom stereocenters. The maximum atomic E-state index is 12.7. The molecule has 7 nitrogen and oxygen atoms in total. The highest BCUT2D eigenvalue weighted by Gasteiger charge is 2.26. The minimum absolute atomic E-state index is 0.0357. The Kier molecular flexibility index (Phi) is 5.71. The number of piperidine rings is 1. The molecule has 0 saturated carbocycles. The van der Waals surface area contributed by atoms with Crippen LogP contribution in [0.1, 0.15) is 18.5 Å². The van der Waals surface area contributed by atoms with Gasteiger partial charge in [0.25, 0.3) is 0 Å². The molecule has 2 aliphatic heterocycles. The smallest absolute Gasteiger partial charge is 0.227 e. The van der Waals surface area contributed by atoms with Crippen LogP contribution in [0.5, 0.6) is 0 Å². The van der Waals surface area contributed by atoms with E-state index in [-0.39, 0.29) is 11.8 Å². The van der Waals surface area contributed by atoms with E-state index in [0.717, 1.165) is 69.4 Å². The molecule has 2 aromatic rings. The van der Waals surface area contributed by atoms with Crippen LogP contribution in [0.2, 0.25) is 0 Å². The Bertz CT molecular complexity index is 779. The summed E-state index contributed by atoms with van der Waals surface area (Å²) in [5.74, 6) is 1.03. The van der Waals surface area contributed by atoms with E-state index in [0.29, 0.717) is 0 Å². The highest BCUT2D eigenvalue weighted by Crippen LogP contribution is 2.24. The largest absolute Gasteiger partial charge is 0.378 e. The van der Waals surface area contributed by atoms with Crippen LogP contribution in [0.4, 0.5) is 17.2 Å². The van der Waals surface area contributed by atoms with Gasteiger partial charge in [-0.1, -0.05) is 0 Å². The molecular weight excluding hydrogens is 354 g/mol. The fourth-order valence-electron chi connectivity index (χ4n) is 3.75. The third-order valence-corrected chi connectivity index (χ3v) is 5.48. The first-order valence-corrected chi connectivity index (χ1v) is 9.98. The van der Waals surface area contributed by atoms with Gasteiger partial charge in [-0.25, -0.2) is 0 Å². The number of benzene rings is 1. The van der Waals surface area contributed by atoms with Crippen LogP contribution in [0, 0.1) is 12.8 Å². The Hall–Kier alpha value is -2.67. The molecule has 148 valence electrons. The fraction of sp³-hybridized carbons (Fsp3) is 0.476. The van der Waals surface area contributed by atoms with Crippen LogP contribution in [-0.4, -0.2) is 55.5 Å². The third-order valence-electron chi connectivity index (χ3n) is 5.48. The lowest BCUT2D eigenvalue weighted by atomic mass is 9.96. The van der Waals surface area contributed by atoms with E-state index in [1.807, 2.05) is 31.2 Å². The van der Waals surface area contributed by atoms with Gasteiger partial charge in [-0.15, -0.1) is 5.10 Å². The molecule has 3 heterocycles. The zero-order valence-corrected chi connectivity index (χ0v) is 16.3. The van der Waals surface area contributed by atoms with Gasteiger partial charge in [0.1, 0.15) is 0 Å². The van der Waals surface area contributed by atoms with Crippen molar-refractivity contribution in [1.29, 1.82) is 0 Å². The maximum absolute atomic E-state index is 12.7. The lowest BCUT2D eigenvalue weighted by Crippen LogP contribution is -2.38. The molecule has 2 fully saturated rings. The molecule has 0 bridgehead atoms. The number of morpholine rings is 1. The highest BCUT2D eigenvalue weighted by atomic mass is 16.5. The van der Waals surface area contributed by atoms with Crippen molar-refractivity contribution < 1.29 is 9.53 Å². The van der Waals surface area contributed by atoms with E-state index < -0.39 is 0 Å². The van der Waals surface area contributed by atoms with Gasteiger partial charge >= 0.3 is 0 Å². The van der Waals surface area contributed by atoms with Crippen molar-refractivity contribution in [2.45, 2.75) is 19.8 Å². The number of carbonyl (C=O) groups excluding carboxylic acids is 1. The summed E-state index contributed by atoms with van der Waals surface area (Å²) in [5.41, 5.74) is 2.94. The SMILES string of the molecule is Cc1ccc(N2CCC(C(=O)Nc3ccc(N4CCOCC4)cc3)CC2)nn1. The lowest BCUT2D eigenvalue weighted by molar-refractivity contribution is -0.120. The molecule has 7 heteroatoms. The Morgan fingerprint density at radius 3 is 2.32 bits per heavy atom. The van der Waals surface area contributed by atoms with E-state index in [4.69, 9.17) is 4.74 Å². The fourth-order valence-corrected chi connectivity index (χ4v) is 3.75. The van der Waals surface area contributed by atoms with Crippen LogP contribution in [-0.2, 0) is 9.53 Å². The van der Waals surface area contributed by atoms with Crippen molar-refractivity contribution in [2.24, 2.45) is 5.92 Å². The van der Waals surface area contributed by atoms with Crippen LogP contribution in [0.25, 0.3) is 0 Å². The van der Waals surface area contributed by atoms with E-state index in [9.17, 15) is 4.79 Å². The summed E-state index contributed by atoms with van der Waals surface area (Å²) >= 11 is 0. The van der Waals surface area contributed by atoms with Crippen molar-refractivity contribution in [3.63, 3.8) is 0 Å². The van der Waals surface area contributed by atoms with Gasteiger partial charge in [0, 0.05) is 43.5 Å². The number of hydrogen-bond donors (Lipinski definition) is 1. The maximum Gasteiger partial charge on any atom is 0.227 e. The minimum Gasteiger partial charge on any atom is -0.378 e. The van der Waals surface area contributed by atoms with Crippen LogP contribution in [0.3, 0.4) is 0 Å². The average molecular weight is 381 g/mol. The summed E-state index contributed by atoms with van der Waals surface area (Å²) < 4.78 is 5.40. The van der Waals surface area contributed by atoms with Gasteiger partial charge in [-0.2, -0.15) is 5.10 Å². The van der Waals surface area contributed by atoms with Gasteiger partial charge < -0.3 is 19.9 Å². The number of aryl methyl sites for hydroxylation is 1. The summed E-state index contributed by atoms with van der Waals surface area (Å²) in [4.78, 5) is 17.2. The Labute approximate surface area is 165 Å². The zero-order valence-electron chi connectivity index (χ0n) is 16.3. The Morgan fingerprint density at radius 1 is 0.964 bits per heavy atom. The van der Waals surface area contributed by atoms with Crippen LogP contribution >= 0.6 is 0 Å². The van der Waals surface area contributed by atoms with E-state index in [1.165, 1.54) is 5.69 Å². The van der Waals surface area contributed by atoms with Crippen molar-refractivity contribution in [3.05, 3.63) is 42.1 Å². The summed E-state index contributed by atoms with van der Waals surface area (Å²) in [7, 11) is 0. The molecule has 1 aromatic heterocycles. The number of nitrogens with one attached hydrogen (secondary N) is 1. The number of amides is 1. The molecule has 0 atom stereocenters. The third kappa shape index (κ3) is 4.42. The van der Waals surface area contributed by atoms with Crippen molar-refractivity contribution in [2.75, 3.05) is 54.5 Å². The predicted octanol–water partition coefficient (Wildman–Crippen LogP) is 2.48. The van der Waals surface area contributed by atoms with Gasteiger partial charge in [-0.05, 0) is 56.2 Å². The molecule has 0 spiro atoms. The predicted molar refractivity (Wildman–Crippen MR) is 110 cm³/mol. The molecular formula is C21H27N5O2. The highest BCUT2D eigenvalue weighted by molar-refractivity contribution is 5.92.